The highest BCUT2D eigenvalue weighted by Crippen LogP contribution is 2.29. The van der Waals surface area contributed by atoms with Crippen molar-refractivity contribution in [1.82, 2.24) is 4.90 Å². The van der Waals surface area contributed by atoms with Crippen LogP contribution >= 0.6 is 0 Å². The molecule has 0 aliphatic carbocycles. The summed E-state index contributed by atoms with van der Waals surface area (Å²) in [5, 5.41) is 0. The van der Waals surface area contributed by atoms with Crippen LogP contribution in [-0.2, 0) is 4.79 Å². The van der Waals surface area contributed by atoms with Crippen molar-refractivity contribution in [3.8, 4) is 0 Å². The van der Waals surface area contributed by atoms with Gasteiger partial charge in [-0.25, -0.2) is 0 Å². The highest BCUT2D eigenvalue weighted by Gasteiger charge is 2.28. The molecule has 0 radical (unpaired) electrons. The van der Waals surface area contributed by atoms with Crippen LogP contribution in [0.25, 0.3) is 0 Å². The quantitative estimate of drug-likeness (QED) is 0.636. The second-order valence-corrected chi connectivity index (χ2v) is 4.64. The number of carbonyl (C=O) groups is 1. The highest BCUT2D eigenvalue weighted by atomic mass is 16.2. The molecule has 2 unspecified atom stereocenters. The van der Waals surface area contributed by atoms with Crippen LogP contribution in [0.1, 0.15) is 41.5 Å². The smallest absolute Gasteiger partial charge is 0.219 e. The van der Waals surface area contributed by atoms with Gasteiger partial charge in [-0.3, -0.25) is 4.79 Å². The summed E-state index contributed by atoms with van der Waals surface area (Å²) in [7, 11) is 0. The average molecular weight is 199 g/mol. The molecule has 1 saturated heterocycles. The van der Waals surface area contributed by atoms with E-state index in [0.29, 0.717) is 5.92 Å². The number of piperidine rings is 1. The molecule has 0 saturated carbocycles. The summed E-state index contributed by atoms with van der Waals surface area (Å²) < 4.78 is 0. The number of rotatable bonds is 1. The molecule has 2 heteroatoms. The van der Waals surface area contributed by atoms with Crippen LogP contribution in [0.4, 0.5) is 0 Å². The van der Waals surface area contributed by atoms with Gasteiger partial charge in [0.15, 0.2) is 0 Å². The summed E-state index contributed by atoms with van der Waals surface area (Å²) in [6.07, 6.45) is 1.18. The fraction of sp³-hybridized carbons (Fsp3) is 0.917. The molecular formula is C12H25NO. The number of carbonyl (C=O) groups excluding carboxylic acids is 1. The van der Waals surface area contributed by atoms with Gasteiger partial charge in [0.25, 0.3) is 0 Å². The molecule has 14 heavy (non-hydrogen) atoms. The largest absolute Gasteiger partial charge is 0.343 e. The lowest BCUT2D eigenvalue weighted by Crippen LogP contribution is -2.43. The van der Waals surface area contributed by atoms with Crippen molar-refractivity contribution in [2.75, 3.05) is 13.1 Å². The molecule has 2 atom stereocenters. The van der Waals surface area contributed by atoms with E-state index in [1.54, 1.807) is 6.92 Å². The zero-order valence-corrected chi connectivity index (χ0v) is 9.21. The Morgan fingerprint density at radius 3 is 2.36 bits per heavy atom. The van der Waals surface area contributed by atoms with Crippen molar-refractivity contribution >= 4 is 5.91 Å². The van der Waals surface area contributed by atoms with E-state index in [-0.39, 0.29) is 13.3 Å². The predicted molar refractivity (Wildman–Crippen MR) is 61.1 cm³/mol. The van der Waals surface area contributed by atoms with Crippen LogP contribution in [0.2, 0.25) is 0 Å². The van der Waals surface area contributed by atoms with E-state index < -0.39 is 0 Å². The van der Waals surface area contributed by atoms with E-state index >= 15 is 0 Å². The maximum Gasteiger partial charge on any atom is 0.219 e. The number of nitrogens with zero attached hydrogens (tertiary/aromatic N) is 1. The maximum absolute atomic E-state index is 11.1. The SMILES string of the molecule is C.CC(=O)N1CCC(C(C)C)C(C)C1. The van der Waals surface area contributed by atoms with Crippen LogP contribution in [0, 0.1) is 17.8 Å². The van der Waals surface area contributed by atoms with Gasteiger partial charge >= 0.3 is 0 Å². The maximum atomic E-state index is 11.1. The molecule has 0 aromatic heterocycles. The minimum atomic E-state index is 0. The first kappa shape index (κ1) is 13.5. The van der Waals surface area contributed by atoms with E-state index in [1.807, 2.05) is 4.90 Å². The molecule has 0 aromatic rings. The Balaban J connectivity index is 0.00000169. The molecule has 1 fully saturated rings. The van der Waals surface area contributed by atoms with E-state index in [1.165, 1.54) is 6.42 Å². The van der Waals surface area contributed by atoms with E-state index in [2.05, 4.69) is 20.8 Å². The summed E-state index contributed by atoms with van der Waals surface area (Å²) in [5.74, 6) is 2.45. The Morgan fingerprint density at radius 2 is 2.00 bits per heavy atom. The molecule has 0 N–H and O–H groups in total. The fourth-order valence-electron chi connectivity index (χ4n) is 2.44. The summed E-state index contributed by atoms with van der Waals surface area (Å²) in [5.41, 5.74) is 0. The van der Waals surface area contributed by atoms with Crippen LogP contribution in [0.5, 0.6) is 0 Å². The van der Waals surface area contributed by atoms with E-state index in [4.69, 9.17) is 0 Å². The molecule has 1 aliphatic rings. The van der Waals surface area contributed by atoms with Gasteiger partial charge in [-0.05, 0) is 24.2 Å². The van der Waals surface area contributed by atoms with Crippen molar-refractivity contribution < 1.29 is 4.79 Å². The lowest BCUT2D eigenvalue weighted by atomic mass is 9.79. The third kappa shape index (κ3) is 3.00. The zero-order chi connectivity index (χ0) is 10.0. The van der Waals surface area contributed by atoms with Crippen LogP contribution in [-0.4, -0.2) is 23.9 Å². The molecule has 2 nitrogen and oxygen atoms in total. The normalized spacial score (nSPS) is 27.4. The third-order valence-electron chi connectivity index (χ3n) is 3.27. The Bertz CT molecular complexity index is 189. The Labute approximate surface area is 88.7 Å². The van der Waals surface area contributed by atoms with Crippen LogP contribution in [0.3, 0.4) is 0 Å². The number of amides is 1. The molecular weight excluding hydrogens is 174 g/mol. The van der Waals surface area contributed by atoms with Crippen LogP contribution < -0.4 is 0 Å². The zero-order valence-electron chi connectivity index (χ0n) is 9.21. The van der Waals surface area contributed by atoms with Gasteiger partial charge in [-0.1, -0.05) is 28.2 Å². The van der Waals surface area contributed by atoms with E-state index in [9.17, 15) is 4.79 Å². The van der Waals surface area contributed by atoms with Crippen molar-refractivity contribution in [3.63, 3.8) is 0 Å². The first-order valence-electron chi connectivity index (χ1n) is 5.28. The van der Waals surface area contributed by atoms with Gasteiger partial charge in [-0.15, -0.1) is 0 Å². The molecule has 1 amide bonds. The Kier molecular flexibility index (Phi) is 5.17. The fourth-order valence-corrected chi connectivity index (χ4v) is 2.44. The molecule has 1 rings (SSSR count). The van der Waals surface area contributed by atoms with Crippen LogP contribution in [0.15, 0.2) is 0 Å². The van der Waals surface area contributed by atoms with Gasteiger partial charge in [0.1, 0.15) is 0 Å². The van der Waals surface area contributed by atoms with Crippen molar-refractivity contribution in [3.05, 3.63) is 0 Å². The first-order valence-corrected chi connectivity index (χ1v) is 5.28. The lowest BCUT2D eigenvalue weighted by molar-refractivity contribution is -0.131. The standard InChI is InChI=1S/C11H21NO.CH4/c1-8(2)11-5-6-12(10(4)13)7-9(11)3;/h8-9,11H,5-7H2,1-4H3;1H4. The summed E-state index contributed by atoms with van der Waals surface area (Å²) in [6, 6.07) is 0. The number of hydrogen-bond donors (Lipinski definition) is 0. The summed E-state index contributed by atoms with van der Waals surface area (Å²) in [6.45, 7) is 10.4. The number of likely N-dealkylation sites (tertiary alicyclic amines) is 1. The average Bonchev–Trinajstić information content (AvgIpc) is 2.03. The number of hydrogen-bond acceptors (Lipinski definition) is 1. The molecule has 0 spiro atoms. The van der Waals surface area contributed by atoms with E-state index in [0.717, 1.165) is 24.9 Å². The highest BCUT2D eigenvalue weighted by molar-refractivity contribution is 5.73. The molecule has 1 aliphatic heterocycles. The molecule has 84 valence electrons. The monoisotopic (exact) mass is 199 g/mol. The Hall–Kier alpha value is -0.530. The first-order chi connectivity index (χ1) is 6.02. The van der Waals surface area contributed by atoms with Crippen molar-refractivity contribution in [1.29, 1.82) is 0 Å². The predicted octanol–water partition coefficient (Wildman–Crippen LogP) is 2.78. The second kappa shape index (κ2) is 5.38. The Morgan fingerprint density at radius 1 is 1.43 bits per heavy atom. The van der Waals surface area contributed by atoms with Gasteiger partial charge in [0.2, 0.25) is 5.91 Å². The van der Waals surface area contributed by atoms with Gasteiger partial charge in [-0.2, -0.15) is 0 Å². The summed E-state index contributed by atoms with van der Waals surface area (Å²) in [4.78, 5) is 13.1. The lowest BCUT2D eigenvalue weighted by Gasteiger charge is -2.38. The van der Waals surface area contributed by atoms with Gasteiger partial charge in [0, 0.05) is 20.0 Å². The van der Waals surface area contributed by atoms with Crippen molar-refractivity contribution in [2.45, 2.75) is 41.5 Å². The molecule has 0 bridgehead atoms. The van der Waals surface area contributed by atoms with Crippen molar-refractivity contribution in [2.24, 2.45) is 17.8 Å². The minimum Gasteiger partial charge on any atom is -0.343 e. The summed E-state index contributed by atoms with van der Waals surface area (Å²) >= 11 is 0. The minimum absolute atomic E-state index is 0. The van der Waals surface area contributed by atoms with Gasteiger partial charge in [0.05, 0.1) is 0 Å². The third-order valence-corrected chi connectivity index (χ3v) is 3.27. The topological polar surface area (TPSA) is 20.3 Å². The molecule has 1 heterocycles. The second-order valence-electron chi connectivity index (χ2n) is 4.64. The van der Waals surface area contributed by atoms with Gasteiger partial charge < -0.3 is 4.90 Å². The molecule has 0 aromatic carbocycles.